The lowest BCUT2D eigenvalue weighted by molar-refractivity contribution is 0.627. The van der Waals surface area contributed by atoms with E-state index in [2.05, 4.69) is 45.2 Å². The number of nitrogens with zero attached hydrogens (tertiary/aromatic N) is 2. The number of hydrogen-bond acceptors (Lipinski definition) is 2. The van der Waals surface area contributed by atoms with Crippen LogP contribution < -0.4 is 5.01 Å². The Hall–Kier alpha value is -2.46. The molecule has 4 rings (SSSR count). The number of hydrogen-bond donors (Lipinski definition) is 0. The van der Waals surface area contributed by atoms with E-state index in [1.807, 2.05) is 30.3 Å². The zero-order valence-corrected chi connectivity index (χ0v) is 15.0. The van der Waals surface area contributed by atoms with Crippen LogP contribution in [0.1, 0.15) is 23.6 Å². The Morgan fingerprint density at radius 3 is 2.40 bits per heavy atom. The van der Waals surface area contributed by atoms with Crippen molar-refractivity contribution in [1.82, 2.24) is 0 Å². The van der Waals surface area contributed by atoms with E-state index in [0.29, 0.717) is 0 Å². The van der Waals surface area contributed by atoms with Gasteiger partial charge in [-0.2, -0.15) is 5.10 Å². The number of halogens is 2. The van der Waals surface area contributed by atoms with Gasteiger partial charge in [0.15, 0.2) is 0 Å². The normalized spacial score (nSPS) is 16.8. The Bertz CT molecular complexity index is 907. The van der Waals surface area contributed by atoms with Crippen LogP contribution in [0.3, 0.4) is 0 Å². The van der Waals surface area contributed by atoms with Crippen molar-refractivity contribution in [3.05, 3.63) is 100 Å². The number of benzene rings is 3. The zero-order valence-electron chi connectivity index (χ0n) is 13.4. The minimum atomic E-state index is -0.231. The molecule has 0 aromatic heterocycles. The molecule has 0 aliphatic carbocycles. The second kappa shape index (κ2) is 6.81. The highest BCUT2D eigenvalue weighted by atomic mass is 79.9. The third-order valence-corrected chi connectivity index (χ3v) is 4.84. The zero-order chi connectivity index (χ0) is 17.2. The van der Waals surface area contributed by atoms with Gasteiger partial charge in [-0.15, -0.1) is 0 Å². The standard InChI is InChI=1S/C21H16BrFN2/c22-17-7-4-8-19(13-17)25-21(16-5-2-1-3-6-16)14-20(24-25)15-9-11-18(23)12-10-15/h1-13,21H,14H2/t21-/m1/s1. The molecule has 0 fully saturated rings. The first-order valence-electron chi connectivity index (χ1n) is 8.14. The lowest BCUT2D eigenvalue weighted by Crippen LogP contribution is -2.18. The predicted molar refractivity (Wildman–Crippen MR) is 103 cm³/mol. The molecule has 124 valence electrons. The highest BCUT2D eigenvalue weighted by molar-refractivity contribution is 9.10. The third-order valence-electron chi connectivity index (χ3n) is 4.34. The molecule has 1 aliphatic rings. The largest absolute Gasteiger partial charge is 0.257 e. The number of rotatable bonds is 3. The molecule has 1 heterocycles. The third kappa shape index (κ3) is 3.35. The van der Waals surface area contributed by atoms with Crippen LogP contribution >= 0.6 is 15.9 Å². The monoisotopic (exact) mass is 394 g/mol. The predicted octanol–water partition coefficient (Wildman–Crippen LogP) is 5.94. The molecular weight excluding hydrogens is 379 g/mol. The van der Waals surface area contributed by atoms with Crippen molar-refractivity contribution in [2.24, 2.45) is 5.10 Å². The maximum atomic E-state index is 13.2. The minimum Gasteiger partial charge on any atom is -0.257 e. The summed E-state index contributed by atoms with van der Waals surface area (Å²) >= 11 is 3.54. The molecule has 1 atom stereocenters. The van der Waals surface area contributed by atoms with Crippen LogP contribution in [0.2, 0.25) is 0 Å². The molecule has 3 aromatic rings. The fraction of sp³-hybridized carbons (Fsp3) is 0.0952. The summed E-state index contributed by atoms with van der Waals surface area (Å²) in [5, 5.41) is 6.92. The van der Waals surface area contributed by atoms with Crippen LogP contribution in [0.5, 0.6) is 0 Å². The Labute approximate surface area is 154 Å². The molecule has 0 spiro atoms. The van der Waals surface area contributed by atoms with Crippen molar-refractivity contribution in [2.75, 3.05) is 5.01 Å². The van der Waals surface area contributed by atoms with Gasteiger partial charge in [-0.05, 0) is 41.5 Å². The number of anilines is 1. The van der Waals surface area contributed by atoms with Gasteiger partial charge in [-0.25, -0.2) is 4.39 Å². The summed E-state index contributed by atoms with van der Waals surface area (Å²) in [5.41, 5.74) is 4.16. The maximum Gasteiger partial charge on any atom is 0.123 e. The molecule has 0 saturated carbocycles. The molecule has 0 saturated heterocycles. The van der Waals surface area contributed by atoms with Crippen LogP contribution in [-0.2, 0) is 0 Å². The summed E-state index contributed by atoms with van der Waals surface area (Å²) in [5.74, 6) is -0.231. The average Bonchev–Trinajstić information content (AvgIpc) is 3.08. The molecule has 0 N–H and O–H groups in total. The molecule has 1 aliphatic heterocycles. The van der Waals surface area contributed by atoms with Gasteiger partial charge in [-0.3, -0.25) is 5.01 Å². The van der Waals surface area contributed by atoms with Crippen molar-refractivity contribution in [1.29, 1.82) is 0 Å². The van der Waals surface area contributed by atoms with Gasteiger partial charge in [0, 0.05) is 10.9 Å². The fourth-order valence-corrected chi connectivity index (χ4v) is 3.51. The minimum absolute atomic E-state index is 0.121. The van der Waals surface area contributed by atoms with Gasteiger partial charge in [0.05, 0.1) is 17.4 Å². The molecule has 0 amide bonds. The first-order chi connectivity index (χ1) is 12.2. The smallest absolute Gasteiger partial charge is 0.123 e. The lowest BCUT2D eigenvalue weighted by Gasteiger charge is -2.24. The Kier molecular flexibility index (Phi) is 4.36. The second-order valence-electron chi connectivity index (χ2n) is 6.01. The van der Waals surface area contributed by atoms with Crippen LogP contribution in [0.4, 0.5) is 10.1 Å². The highest BCUT2D eigenvalue weighted by Crippen LogP contribution is 2.37. The van der Waals surface area contributed by atoms with Crippen LogP contribution in [-0.4, -0.2) is 5.71 Å². The van der Waals surface area contributed by atoms with E-state index < -0.39 is 0 Å². The topological polar surface area (TPSA) is 15.6 Å². The van der Waals surface area contributed by atoms with Crippen molar-refractivity contribution in [2.45, 2.75) is 12.5 Å². The van der Waals surface area contributed by atoms with Crippen molar-refractivity contribution < 1.29 is 4.39 Å². The van der Waals surface area contributed by atoms with E-state index in [4.69, 9.17) is 5.10 Å². The van der Waals surface area contributed by atoms with Crippen LogP contribution in [0.15, 0.2) is 88.4 Å². The van der Waals surface area contributed by atoms with Gasteiger partial charge in [0.25, 0.3) is 0 Å². The van der Waals surface area contributed by atoms with Crippen molar-refractivity contribution in [3.8, 4) is 0 Å². The van der Waals surface area contributed by atoms with E-state index >= 15 is 0 Å². The molecule has 0 unspecified atom stereocenters. The molecule has 0 radical (unpaired) electrons. The van der Waals surface area contributed by atoms with E-state index in [0.717, 1.165) is 27.9 Å². The summed E-state index contributed by atoms with van der Waals surface area (Å²) in [6.07, 6.45) is 0.780. The summed E-state index contributed by atoms with van der Waals surface area (Å²) in [6.45, 7) is 0. The van der Waals surface area contributed by atoms with Gasteiger partial charge >= 0.3 is 0 Å². The highest BCUT2D eigenvalue weighted by Gasteiger charge is 2.29. The van der Waals surface area contributed by atoms with E-state index in [-0.39, 0.29) is 11.9 Å². The average molecular weight is 395 g/mol. The Balaban J connectivity index is 1.76. The summed E-state index contributed by atoms with van der Waals surface area (Å²) in [4.78, 5) is 0. The second-order valence-corrected chi connectivity index (χ2v) is 6.92. The van der Waals surface area contributed by atoms with Crippen LogP contribution in [0.25, 0.3) is 0 Å². The van der Waals surface area contributed by atoms with Crippen molar-refractivity contribution in [3.63, 3.8) is 0 Å². The maximum absolute atomic E-state index is 13.2. The lowest BCUT2D eigenvalue weighted by atomic mass is 9.98. The fourth-order valence-electron chi connectivity index (χ4n) is 3.12. The first-order valence-corrected chi connectivity index (χ1v) is 8.93. The number of hydrazone groups is 1. The molecular formula is C21H16BrFN2. The molecule has 3 aromatic carbocycles. The van der Waals surface area contributed by atoms with Gasteiger partial charge < -0.3 is 0 Å². The van der Waals surface area contributed by atoms with Crippen LogP contribution in [0, 0.1) is 5.82 Å². The van der Waals surface area contributed by atoms with Gasteiger partial charge in [0.2, 0.25) is 0 Å². The van der Waals surface area contributed by atoms with Gasteiger partial charge in [0.1, 0.15) is 5.82 Å². The quantitative estimate of drug-likeness (QED) is 0.536. The molecule has 2 nitrogen and oxygen atoms in total. The molecule has 4 heteroatoms. The molecule has 25 heavy (non-hydrogen) atoms. The summed E-state index contributed by atoms with van der Waals surface area (Å²) < 4.78 is 14.3. The Morgan fingerprint density at radius 1 is 0.920 bits per heavy atom. The van der Waals surface area contributed by atoms with Gasteiger partial charge in [-0.1, -0.05) is 64.5 Å². The molecule has 0 bridgehead atoms. The Morgan fingerprint density at radius 2 is 1.68 bits per heavy atom. The van der Waals surface area contributed by atoms with E-state index in [1.165, 1.54) is 17.7 Å². The van der Waals surface area contributed by atoms with E-state index in [9.17, 15) is 4.39 Å². The van der Waals surface area contributed by atoms with Crippen molar-refractivity contribution >= 4 is 27.3 Å². The first kappa shape index (κ1) is 16.0. The van der Waals surface area contributed by atoms with E-state index in [1.54, 1.807) is 12.1 Å². The SMILES string of the molecule is Fc1ccc(C2=NN(c3cccc(Br)c3)[C@@H](c3ccccc3)C2)cc1. The summed E-state index contributed by atoms with van der Waals surface area (Å²) in [7, 11) is 0. The summed E-state index contributed by atoms with van der Waals surface area (Å²) in [6, 6.07) is 25.2.